The molecule has 0 aromatic carbocycles. The number of amides is 1. The minimum absolute atomic E-state index is 0.213. The van der Waals surface area contributed by atoms with Crippen LogP contribution in [0.4, 0.5) is 13.2 Å². The van der Waals surface area contributed by atoms with Crippen molar-refractivity contribution in [1.29, 1.82) is 0 Å². The number of hydrogen-bond acceptors (Lipinski definition) is 3. The fraction of sp³-hybridized carbons (Fsp3) is 0.357. The van der Waals surface area contributed by atoms with Crippen LogP contribution in [-0.4, -0.2) is 27.1 Å². The number of carbonyl (C=O) groups excluding carboxylic acids is 1. The largest absolute Gasteiger partial charge is 0.418 e. The zero-order valence-corrected chi connectivity index (χ0v) is 11.4. The predicted octanol–water partition coefficient (Wildman–Crippen LogP) is 2.11. The molecule has 1 atom stereocenters. The Hall–Kier alpha value is -2.38. The molecule has 1 aliphatic carbocycles. The van der Waals surface area contributed by atoms with Crippen molar-refractivity contribution in [2.24, 2.45) is 0 Å². The molecule has 0 radical (unpaired) electrons. The van der Waals surface area contributed by atoms with Gasteiger partial charge in [-0.1, -0.05) is 0 Å². The maximum absolute atomic E-state index is 12.9. The average molecular weight is 310 g/mol. The molecule has 2 heterocycles. The second-order valence-electron chi connectivity index (χ2n) is 5.21. The first-order chi connectivity index (χ1) is 10.4. The number of alkyl halides is 3. The van der Waals surface area contributed by atoms with Gasteiger partial charge in [0.2, 0.25) is 0 Å². The van der Waals surface area contributed by atoms with Crippen molar-refractivity contribution in [3.05, 3.63) is 47.0 Å². The van der Waals surface area contributed by atoms with Crippen molar-refractivity contribution < 1.29 is 18.0 Å². The van der Waals surface area contributed by atoms with E-state index >= 15 is 0 Å². The molecule has 0 fully saturated rings. The Morgan fingerprint density at radius 3 is 2.95 bits per heavy atom. The third-order valence-corrected chi connectivity index (χ3v) is 3.73. The van der Waals surface area contributed by atoms with E-state index in [2.05, 4.69) is 20.5 Å². The quantitative estimate of drug-likeness (QED) is 0.892. The zero-order valence-electron chi connectivity index (χ0n) is 11.4. The lowest BCUT2D eigenvalue weighted by molar-refractivity contribution is -0.138. The van der Waals surface area contributed by atoms with Gasteiger partial charge in [-0.2, -0.15) is 18.3 Å². The van der Waals surface area contributed by atoms with Gasteiger partial charge in [0.1, 0.15) is 0 Å². The average Bonchev–Trinajstić information content (AvgIpc) is 2.94. The summed E-state index contributed by atoms with van der Waals surface area (Å²) in [6, 6.07) is 0.873. The van der Waals surface area contributed by atoms with Crippen LogP contribution in [0, 0.1) is 0 Å². The maximum Gasteiger partial charge on any atom is 0.418 e. The number of nitrogens with one attached hydrogen (secondary N) is 2. The van der Waals surface area contributed by atoms with E-state index in [0.29, 0.717) is 19.0 Å². The van der Waals surface area contributed by atoms with E-state index in [4.69, 9.17) is 0 Å². The Kier molecular flexibility index (Phi) is 3.59. The lowest BCUT2D eigenvalue weighted by Crippen LogP contribution is -2.39. The number of aromatic amines is 1. The molecule has 0 spiro atoms. The van der Waals surface area contributed by atoms with Crippen LogP contribution in [0.3, 0.4) is 0 Å². The SMILES string of the molecule is O=C(NC1CCc2cn[nH]c2C1)c1ccncc1C(F)(F)F. The van der Waals surface area contributed by atoms with Gasteiger partial charge in [-0.3, -0.25) is 14.9 Å². The van der Waals surface area contributed by atoms with Gasteiger partial charge in [-0.15, -0.1) is 0 Å². The van der Waals surface area contributed by atoms with Gasteiger partial charge in [0.25, 0.3) is 5.91 Å². The van der Waals surface area contributed by atoms with Crippen molar-refractivity contribution in [3.8, 4) is 0 Å². The summed E-state index contributed by atoms with van der Waals surface area (Å²) >= 11 is 0. The number of pyridine rings is 1. The van der Waals surface area contributed by atoms with Gasteiger partial charge < -0.3 is 5.32 Å². The predicted molar refractivity (Wildman–Crippen MR) is 71.1 cm³/mol. The molecular formula is C14H13F3N4O. The fourth-order valence-corrected chi connectivity index (χ4v) is 2.61. The van der Waals surface area contributed by atoms with Gasteiger partial charge in [0.05, 0.1) is 17.3 Å². The molecule has 1 unspecified atom stereocenters. The summed E-state index contributed by atoms with van der Waals surface area (Å²) in [7, 11) is 0. The number of nitrogens with zero attached hydrogens (tertiary/aromatic N) is 2. The maximum atomic E-state index is 12.9. The minimum atomic E-state index is -4.61. The molecule has 3 rings (SSSR count). The summed E-state index contributed by atoms with van der Waals surface area (Å²) in [6.07, 6.45) is 0.917. The van der Waals surface area contributed by atoms with E-state index in [1.165, 1.54) is 6.20 Å². The van der Waals surface area contributed by atoms with E-state index in [-0.39, 0.29) is 6.04 Å². The van der Waals surface area contributed by atoms with E-state index in [1.807, 2.05) is 0 Å². The van der Waals surface area contributed by atoms with Crippen molar-refractivity contribution in [2.45, 2.75) is 31.5 Å². The van der Waals surface area contributed by atoms with Crippen molar-refractivity contribution in [3.63, 3.8) is 0 Å². The molecule has 5 nitrogen and oxygen atoms in total. The monoisotopic (exact) mass is 310 g/mol. The number of carbonyl (C=O) groups is 1. The number of halogens is 3. The van der Waals surface area contributed by atoms with Gasteiger partial charge in [0, 0.05) is 30.6 Å². The van der Waals surface area contributed by atoms with Gasteiger partial charge >= 0.3 is 6.18 Å². The number of rotatable bonds is 2. The molecule has 22 heavy (non-hydrogen) atoms. The van der Waals surface area contributed by atoms with Crippen molar-refractivity contribution in [1.82, 2.24) is 20.5 Å². The van der Waals surface area contributed by atoms with Crippen LogP contribution >= 0.6 is 0 Å². The Bertz CT molecular complexity index is 695. The highest BCUT2D eigenvalue weighted by Crippen LogP contribution is 2.31. The summed E-state index contributed by atoms with van der Waals surface area (Å²) < 4.78 is 38.7. The van der Waals surface area contributed by atoms with E-state index in [9.17, 15) is 18.0 Å². The van der Waals surface area contributed by atoms with Crippen LogP contribution in [0.1, 0.15) is 33.6 Å². The number of aryl methyl sites for hydroxylation is 1. The van der Waals surface area contributed by atoms with Gasteiger partial charge in [-0.05, 0) is 24.5 Å². The molecule has 2 aromatic heterocycles. The topological polar surface area (TPSA) is 70.7 Å². The molecule has 116 valence electrons. The van der Waals surface area contributed by atoms with Crippen LogP contribution in [0.25, 0.3) is 0 Å². The van der Waals surface area contributed by atoms with Gasteiger partial charge in [0.15, 0.2) is 0 Å². The number of H-pyrrole nitrogens is 1. The molecule has 0 bridgehead atoms. The lowest BCUT2D eigenvalue weighted by atomic mass is 9.93. The molecule has 0 aliphatic heterocycles. The normalized spacial score (nSPS) is 17.9. The highest BCUT2D eigenvalue weighted by Gasteiger charge is 2.36. The number of aromatic nitrogens is 3. The molecule has 1 aliphatic rings. The first-order valence-corrected chi connectivity index (χ1v) is 6.78. The molecule has 2 aromatic rings. The summed E-state index contributed by atoms with van der Waals surface area (Å²) in [6.45, 7) is 0. The second-order valence-corrected chi connectivity index (χ2v) is 5.21. The third kappa shape index (κ3) is 2.81. The lowest BCUT2D eigenvalue weighted by Gasteiger charge is -2.23. The molecule has 1 amide bonds. The zero-order chi connectivity index (χ0) is 15.7. The van der Waals surface area contributed by atoms with Crippen molar-refractivity contribution in [2.75, 3.05) is 0 Å². The van der Waals surface area contributed by atoms with Crippen LogP contribution in [0.15, 0.2) is 24.7 Å². The fourth-order valence-electron chi connectivity index (χ4n) is 2.61. The molecule has 0 saturated carbocycles. The summed E-state index contributed by atoms with van der Waals surface area (Å²) in [5.41, 5.74) is 0.580. The van der Waals surface area contributed by atoms with Crippen molar-refractivity contribution >= 4 is 5.91 Å². The first kappa shape index (κ1) is 14.6. The standard InChI is InChI=1S/C14H13F3N4O/c15-14(16,17)11-7-18-4-3-10(11)13(22)20-9-2-1-8-6-19-21-12(8)5-9/h3-4,6-7,9H,1-2,5H2,(H,19,21)(H,20,22). The van der Waals surface area contributed by atoms with E-state index < -0.39 is 23.2 Å². The molecular weight excluding hydrogens is 297 g/mol. The summed E-state index contributed by atoms with van der Waals surface area (Å²) in [4.78, 5) is 15.6. The second kappa shape index (κ2) is 5.43. The van der Waals surface area contributed by atoms with Crippen LogP contribution in [-0.2, 0) is 19.0 Å². The van der Waals surface area contributed by atoms with Gasteiger partial charge in [-0.25, -0.2) is 0 Å². The van der Waals surface area contributed by atoms with E-state index in [0.717, 1.165) is 23.7 Å². The molecule has 8 heteroatoms. The summed E-state index contributed by atoms with van der Waals surface area (Å²) in [5.74, 6) is -0.734. The Balaban J connectivity index is 1.76. The Morgan fingerprint density at radius 2 is 2.18 bits per heavy atom. The van der Waals surface area contributed by atoms with E-state index in [1.54, 1.807) is 6.20 Å². The Morgan fingerprint density at radius 1 is 1.36 bits per heavy atom. The number of hydrogen-bond donors (Lipinski definition) is 2. The highest BCUT2D eigenvalue weighted by molar-refractivity contribution is 5.95. The van der Waals surface area contributed by atoms with Crippen LogP contribution < -0.4 is 5.32 Å². The summed E-state index contributed by atoms with van der Waals surface area (Å²) in [5, 5.41) is 9.44. The molecule has 2 N–H and O–H groups in total. The smallest absolute Gasteiger partial charge is 0.349 e. The molecule has 0 saturated heterocycles. The Labute approximate surface area is 123 Å². The number of fused-ring (bicyclic) bond motifs is 1. The third-order valence-electron chi connectivity index (χ3n) is 3.73. The first-order valence-electron chi connectivity index (χ1n) is 6.78. The minimum Gasteiger partial charge on any atom is -0.349 e. The van der Waals surface area contributed by atoms with Crippen LogP contribution in [0.5, 0.6) is 0 Å². The van der Waals surface area contributed by atoms with Crippen LogP contribution in [0.2, 0.25) is 0 Å². The highest BCUT2D eigenvalue weighted by atomic mass is 19.4.